The van der Waals surface area contributed by atoms with Crippen LogP contribution >= 0.6 is 27.3 Å². The predicted molar refractivity (Wildman–Crippen MR) is 85.8 cm³/mol. The van der Waals surface area contributed by atoms with Gasteiger partial charge in [-0.15, -0.1) is 11.3 Å². The third-order valence-corrected chi connectivity index (χ3v) is 6.25. The van der Waals surface area contributed by atoms with Crippen LogP contribution in [0.3, 0.4) is 0 Å². The Morgan fingerprint density at radius 2 is 1.95 bits per heavy atom. The first-order chi connectivity index (χ1) is 9.12. The second-order valence-electron chi connectivity index (χ2n) is 5.43. The molecule has 1 atom stereocenters. The number of hydrogen-bond donors (Lipinski definition) is 1. The molecule has 0 saturated carbocycles. The molecule has 1 N–H and O–H groups in total. The van der Waals surface area contributed by atoms with Crippen molar-refractivity contribution in [2.75, 3.05) is 13.1 Å². The average molecular weight is 346 g/mol. The van der Waals surface area contributed by atoms with Gasteiger partial charge in [0.25, 0.3) is 0 Å². The lowest BCUT2D eigenvalue weighted by Gasteiger charge is -2.44. The Kier molecular flexibility index (Phi) is 5.46. The Bertz CT molecular complexity index is 397. The number of aliphatic hydroxyl groups excluding tert-OH is 1. The van der Waals surface area contributed by atoms with Crippen LogP contribution in [0.4, 0.5) is 0 Å². The molecule has 0 spiro atoms. The Morgan fingerprint density at radius 3 is 2.42 bits per heavy atom. The van der Waals surface area contributed by atoms with Crippen molar-refractivity contribution in [3.63, 3.8) is 0 Å². The molecule has 0 aliphatic carbocycles. The fraction of sp³-hybridized carbons (Fsp3) is 0.733. The Labute approximate surface area is 129 Å². The smallest absolute Gasteiger partial charge is 0.0771 e. The molecule has 19 heavy (non-hydrogen) atoms. The van der Waals surface area contributed by atoms with Gasteiger partial charge in [0.05, 0.1) is 9.89 Å². The largest absolute Gasteiger partial charge is 0.391 e. The minimum Gasteiger partial charge on any atom is -0.391 e. The van der Waals surface area contributed by atoms with Crippen LogP contribution in [-0.2, 0) is 6.42 Å². The lowest BCUT2D eigenvalue weighted by atomic mass is 9.83. The third kappa shape index (κ3) is 3.23. The van der Waals surface area contributed by atoms with E-state index in [0.29, 0.717) is 0 Å². The fourth-order valence-corrected chi connectivity index (χ4v) is 4.90. The van der Waals surface area contributed by atoms with E-state index in [-0.39, 0.29) is 11.6 Å². The van der Waals surface area contributed by atoms with Crippen molar-refractivity contribution in [3.8, 4) is 0 Å². The first-order valence-electron chi connectivity index (χ1n) is 7.29. The van der Waals surface area contributed by atoms with Crippen LogP contribution in [0.2, 0.25) is 0 Å². The summed E-state index contributed by atoms with van der Waals surface area (Å²) in [6.45, 7) is 6.73. The van der Waals surface area contributed by atoms with Gasteiger partial charge in [-0.05, 0) is 66.8 Å². The molecule has 2 rings (SSSR count). The minimum absolute atomic E-state index is 0.0348. The maximum atomic E-state index is 10.8. The molecule has 1 aliphatic heterocycles. The molecule has 0 radical (unpaired) electrons. The van der Waals surface area contributed by atoms with Gasteiger partial charge in [-0.2, -0.15) is 0 Å². The first-order valence-corrected chi connectivity index (χ1v) is 8.90. The van der Waals surface area contributed by atoms with Crippen molar-refractivity contribution in [3.05, 3.63) is 20.8 Å². The first kappa shape index (κ1) is 15.5. The zero-order valence-electron chi connectivity index (χ0n) is 11.9. The van der Waals surface area contributed by atoms with Crippen molar-refractivity contribution in [2.24, 2.45) is 0 Å². The van der Waals surface area contributed by atoms with Crippen LogP contribution in [0.25, 0.3) is 0 Å². The molecule has 1 saturated heterocycles. The van der Waals surface area contributed by atoms with Gasteiger partial charge in [0.2, 0.25) is 0 Å². The fourth-order valence-electron chi connectivity index (χ4n) is 3.38. The number of likely N-dealkylation sites (tertiary alicyclic amines) is 1. The minimum atomic E-state index is -0.272. The Morgan fingerprint density at radius 1 is 1.32 bits per heavy atom. The van der Waals surface area contributed by atoms with Gasteiger partial charge in [0.1, 0.15) is 0 Å². The molecular weight excluding hydrogens is 322 g/mol. The van der Waals surface area contributed by atoms with E-state index in [1.165, 1.54) is 17.7 Å². The zero-order chi connectivity index (χ0) is 13.9. The number of rotatable bonds is 6. The summed E-state index contributed by atoms with van der Waals surface area (Å²) in [7, 11) is 0. The molecule has 1 unspecified atom stereocenters. The normalized spacial score (nSPS) is 18.9. The maximum Gasteiger partial charge on any atom is 0.0771 e. The molecule has 1 aromatic rings. The summed E-state index contributed by atoms with van der Waals surface area (Å²) < 4.78 is 1.15. The van der Waals surface area contributed by atoms with E-state index in [4.69, 9.17) is 0 Å². The highest BCUT2D eigenvalue weighted by Crippen LogP contribution is 2.34. The number of thiophene rings is 1. The lowest BCUT2D eigenvalue weighted by Crippen LogP contribution is -2.55. The SMILES string of the molecule is CCC(CC)(C(O)Cc1ccc(Br)s1)N1CCCC1. The molecule has 4 heteroatoms. The van der Waals surface area contributed by atoms with E-state index in [2.05, 4.69) is 46.8 Å². The highest BCUT2D eigenvalue weighted by molar-refractivity contribution is 9.11. The molecule has 2 nitrogen and oxygen atoms in total. The van der Waals surface area contributed by atoms with E-state index in [1.807, 2.05) is 0 Å². The number of aliphatic hydroxyl groups is 1. The predicted octanol–water partition coefficient (Wildman–Crippen LogP) is 4.07. The molecule has 1 aromatic heterocycles. The van der Waals surface area contributed by atoms with Crippen LogP contribution < -0.4 is 0 Å². The van der Waals surface area contributed by atoms with Gasteiger partial charge in [-0.1, -0.05) is 13.8 Å². The summed E-state index contributed by atoms with van der Waals surface area (Å²) in [6, 6.07) is 4.19. The number of halogens is 1. The van der Waals surface area contributed by atoms with Crippen LogP contribution in [0, 0.1) is 0 Å². The van der Waals surface area contributed by atoms with E-state index in [0.717, 1.165) is 36.1 Å². The standard InChI is InChI=1S/C15H24BrNOS/c1-3-15(4-2,17-9-5-6-10-17)13(18)11-12-7-8-14(16)19-12/h7-8,13,18H,3-6,9-11H2,1-2H3. The summed E-state index contributed by atoms with van der Waals surface area (Å²) >= 11 is 5.23. The highest BCUT2D eigenvalue weighted by atomic mass is 79.9. The second kappa shape index (κ2) is 6.70. The van der Waals surface area contributed by atoms with E-state index in [1.54, 1.807) is 11.3 Å². The molecule has 0 aromatic carbocycles. The van der Waals surface area contributed by atoms with Crippen molar-refractivity contribution in [1.82, 2.24) is 4.90 Å². The maximum absolute atomic E-state index is 10.8. The van der Waals surface area contributed by atoms with E-state index < -0.39 is 0 Å². The summed E-state index contributed by atoms with van der Waals surface area (Å²) in [5, 5.41) is 10.8. The van der Waals surface area contributed by atoms with Crippen molar-refractivity contribution in [1.29, 1.82) is 0 Å². The molecule has 1 fully saturated rings. The van der Waals surface area contributed by atoms with Crippen molar-refractivity contribution < 1.29 is 5.11 Å². The van der Waals surface area contributed by atoms with Crippen molar-refractivity contribution >= 4 is 27.3 Å². The lowest BCUT2D eigenvalue weighted by molar-refractivity contribution is -0.0266. The van der Waals surface area contributed by atoms with E-state index >= 15 is 0 Å². The molecule has 0 amide bonds. The van der Waals surface area contributed by atoms with E-state index in [9.17, 15) is 5.11 Å². The summed E-state index contributed by atoms with van der Waals surface area (Å²) in [4.78, 5) is 3.80. The van der Waals surface area contributed by atoms with Crippen LogP contribution in [0.1, 0.15) is 44.4 Å². The molecule has 2 heterocycles. The molecular formula is C15H24BrNOS. The summed E-state index contributed by atoms with van der Waals surface area (Å²) in [5.41, 5.74) is -0.0348. The zero-order valence-corrected chi connectivity index (χ0v) is 14.3. The number of hydrogen-bond acceptors (Lipinski definition) is 3. The van der Waals surface area contributed by atoms with Gasteiger partial charge in [-0.25, -0.2) is 0 Å². The van der Waals surface area contributed by atoms with Gasteiger partial charge in [0, 0.05) is 16.8 Å². The van der Waals surface area contributed by atoms with Gasteiger partial charge in [0.15, 0.2) is 0 Å². The monoisotopic (exact) mass is 345 g/mol. The molecule has 0 bridgehead atoms. The second-order valence-corrected chi connectivity index (χ2v) is 7.98. The third-order valence-electron chi connectivity index (χ3n) is 4.60. The number of nitrogens with zero attached hydrogens (tertiary/aromatic N) is 1. The summed E-state index contributed by atoms with van der Waals surface area (Å²) in [6.07, 6.45) is 5.10. The van der Waals surface area contributed by atoms with Crippen LogP contribution in [0.5, 0.6) is 0 Å². The highest BCUT2D eigenvalue weighted by Gasteiger charge is 2.41. The molecule has 108 valence electrons. The Balaban J connectivity index is 2.13. The van der Waals surface area contributed by atoms with Crippen LogP contribution in [-0.4, -0.2) is 34.7 Å². The average Bonchev–Trinajstić information content (AvgIpc) is 3.04. The quantitative estimate of drug-likeness (QED) is 0.839. The Hall–Kier alpha value is 0.1000. The van der Waals surface area contributed by atoms with Gasteiger partial charge in [-0.3, -0.25) is 4.90 Å². The van der Waals surface area contributed by atoms with Crippen molar-refractivity contribution in [2.45, 2.75) is 57.6 Å². The summed E-state index contributed by atoms with van der Waals surface area (Å²) in [5.74, 6) is 0. The van der Waals surface area contributed by atoms with Gasteiger partial charge < -0.3 is 5.11 Å². The van der Waals surface area contributed by atoms with Crippen LogP contribution in [0.15, 0.2) is 15.9 Å². The topological polar surface area (TPSA) is 23.5 Å². The van der Waals surface area contributed by atoms with Gasteiger partial charge >= 0.3 is 0 Å². The molecule has 1 aliphatic rings.